The third-order valence-corrected chi connectivity index (χ3v) is 3.59. The largest absolute Gasteiger partial charge is 0.378 e. The number of benzene rings is 1. The second-order valence-electron chi connectivity index (χ2n) is 5.26. The molecule has 4 nitrogen and oxygen atoms in total. The van der Waals surface area contributed by atoms with Crippen molar-refractivity contribution in [3.8, 4) is 0 Å². The van der Waals surface area contributed by atoms with Gasteiger partial charge in [0, 0.05) is 25.5 Å². The molecule has 0 heterocycles. The van der Waals surface area contributed by atoms with Gasteiger partial charge in [-0.05, 0) is 37.1 Å². The topological polar surface area (TPSA) is 58.4 Å². The fourth-order valence-corrected chi connectivity index (χ4v) is 2.33. The summed E-state index contributed by atoms with van der Waals surface area (Å²) in [6, 6.07) is 7.78. The SMILES string of the molecule is CN(C)c1ccc(NC(=O)C2(N)CCCC2)cc1. The Balaban J connectivity index is 2.03. The van der Waals surface area contributed by atoms with E-state index < -0.39 is 5.54 Å². The van der Waals surface area contributed by atoms with E-state index >= 15 is 0 Å². The Morgan fingerprint density at radius 1 is 1.22 bits per heavy atom. The van der Waals surface area contributed by atoms with Gasteiger partial charge in [0.1, 0.15) is 0 Å². The fraction of sp³-hybridized carbons (Fsp3) is 0.500. The number of carbonyl (C=O) groups is 1. The van der Waals surface area contributed by atoms with Gasteiger partial charge in [0.05, 0.1) is 5.54 Å². The van der Waals surface area contributed by atoms with Crippen molar-refractivity contribution in [3.05, 3.63) is 24.3 Å². The number of hydrogen-bond donors (Lipinski definition) is 2. The summed E-state index contributed by atoms with van der Waals surface area (Å²) in [5, 5.41) is 2.91. The van der Waals surface area contributed by atoms with E-state index in [1.165, 1.54) is 0 Å². The number of nitrogens with one attached hydrogen (secondary N) is 1. The normalized spacial score (nSPS) is 17.5. The Labute approximate surface area is 108 Å². The lowest BCUT2D eigenvalue weighted by Crippen LogP contribution is -2.48. The van der Waals surface area contributed by atoms with Gasteiger partial charge < -0.3 is 16.0 Å². The maximum atomic E-state index is 12.1. The third-order valence-electron chi connectivity index (χ3n) is 3.59. The summed E-state index contributed by atoms with van der Waals surface area (Å²) < 4.78 is 0. The van der Waals surface area contributed by atoms with Crippen molar-refractivity contribution in [1.29, 1.82) is 0 Å². The average Bonchev–Trinajstić information content (AvgIpc) is 2.78. The highest BCUT2D eigenvalue weighted by Crippen LogP contribution is 2.28. The van der Waals surface area contributed by atoms with Gasteiger partial charge in [-0.25, -0.2) is 0 Å². The number of carbonyl (C=O) groups excluding carboxylic acids is 1. The van der Waals surface area contributed by atoms with Crippen LogP contribution in [0.3, 0.4) is 0 Å². The molecule has 0 saturated heterocycles. The number of rotatable bonds is 3. The maximum Gasteiger partial charge on any atom is 0.244 e. The summed E-state index contributed by atoms with van der Waals surface area (Å²) in [6.45, 7) is 0. The first-order valence-electron chi connectivity index (χ1n) is 6.39. The van der Waals surface area contributed by atoms with Crippen molar-refractivity contribution in [2.75, 3.05) is 24.3 Å². The Hall–Kier alpha value is -1.55. The van der Waals surface area contributed by atoms with Crippen LogP contribution in [0, 0.1) is 0 Å². The van der Waals surface area contributed by atoms with Gasteiger partial charge in [-0.2, -0.15) is 0 Å². The standard InChI is InChI=1S/C14H21N3O/c1-17(2)12-7-5-11(6-8-12)16-13(18)14(15)9-3-4-10-14/h5-8H,3-4,9-10,15H2,1-2H3,(H,16,18). The summed E-state index contributed by atoms with van der Waals surface area (Å²) in [7, 11) is 3.97. The predicted molar refractivity (Wildman–Crippen MR) is 74.8 cm³/mol. The predicted octanol–water partition coefficient (Wildman–Crippen LogP) is 1.96. The third kappa shape index (κ3) is 2.64. The molecule has 2 rings (SSSR count). The van der Waals surface area contributed by atoms with Gasteiger partial charge >= 0.3 is 0 Å². The quantitative estimate of drug-likeness (QED) is 0.858. The van der Waals surface area contributed by atoms with E-state index in [4.69, 9.17) is 5.73 Å². The second-order valence-corrected chi connectivity index (χ2v) is 5.26. The molecular formula is C14H21N3O. The van der Waals surface area contributed by atoms with Crippen LogP contribution in [0.2, 0.25) is 0 Å². The summed E-state index contributed by atoms with van der Waals surface area (Å²) in [4.78, 5) is 14.1. The molecule has 0 bridgehead atoms. The molecule has 0 atom stereocenters. The molecule has 3 N–H and O–H groups in total. The van der Waals surface area contributed by atoms with Crippen LogP contribution < -0.4 is 16.0 Å². The minimum absolute atomic E-state index is 0.0578. The molecule has 1 aromatic rings. The molecule has 1 aliphatic rings. The van der Waals surface area contributed by atoms with Crippen molar-refractivity contribution >= 4 is 17.3 Å². The summed E-state index contributed by atoms with van der Waals surface area (Å²) in [6.07, 6.45) is 3.66. The van der Waals surface area contributed by atoms with Crippen LogP contribution in [-0.4, -0.2) is 25.5 Å². The maximum absolute atomic E-state index is 12.1. The lowest BCUT2D eigenvalue weighted by atomic mass is 9.98. The van der Waals surface area contributed by atoms with Crippen molar-refractivity contribution in [2.24, 2.45) is 5.73 Å². The zero-order valence-electron chi connectivity index (χ0n) is 11.1. The van der Waals surface area contributed by atoms with E-state index in [1.807, 2.05) is 43.3 Å². The molecule has 0 spiro atoms. The monoisotopic (exact) mass is 247 g/mol. The molecule has 1 saturated carbocycles. The lowest BCUT2D eigenvalue weighted by Gasteiger charge is -2.22. The van der Waals surface area contributed by atoms with Crippen molar-refractivity contribution in [2.45, 2.75) is 31.2 Å². The molecule has 18 heavy (non-hydrogen) atoms. The van der Waals surface area contributed by atoms with E-state index in [2.05, 4.69) is 5.32 Å². The number of nitrogens with zero attached hydrogens (tertiary/aromatic N) is 1. The van der Waals surface area contributed by atoms with E-state index in [9.17, 15) is 4.79 Å². The smallest absolute Gasteiger partial charge is 0.244 e. The molecular weight excluding hydrogens is 226 g/mol. The highest BCUT2D eigenvalue weighted by molar-refractivity contribution is 5.98. The van der Waals surface area contributed by atoms with Gasteiger partial charge in [0.2, 0.25) is 5.91 Å². The minimum Gasteiger partial charge on any atom is -0.378 e. The molecule has 4 heteroatoms. The Morgan fingerprint density at radius 3 is 2.28 bits per heavy atom. The van der Waals surface area contributed by atoms with Crippen LogP contribution in [0.25, 0.3) is 0 Å². The number of anilines is 2. The molecule has 0 radical (unpaired) electrons. The Kier molecular flexibility index (Phi) is 3.57. The van der Waals surface area contributed by atoms with E-state index in [-0.39, 0.29) is 5.91 Å². The average molecular weight is 247 g/mol. The Morgan fingerprint density at radius 2 is 1.78 bits per heavy atom. The first-order chi connectivity index (χ1) is 8.51. The summed E-state index contributed by atoms with van der Waals surface area (Å²) >= 11 is 0. The molecule has 0 aliphatic heterocycles. The van der Waals surface area contributed by atoms with Gasteiger partial charge in [-0.15, -0.1) is 0 Å². The van der Waals surface area contributed by atoms with Crippen LogP contribution >= 0.6 is 0 Å². The number of hydrogen-bond acceptors (Lipinski definition) is 3. The van der Waals surface area contributed by atoms with Crippen LogP contribution in [0.1, 0.15) is 25.7 Å². The fourth-order valence-electron chi connectivity index (χ4n) is 2.33. The zero-order chi connectivity index (χ0) is 13.2. The first kappa shape index (κ1) is 12.9. The number of nitrogens with two attached hydrogens (primary N) is 1. The van der Waals surface area contributed by atoms with Gasteiger partial charge in [-0.3, -0.25) is 4.79 Å². The lowest BCUT2D eigenvalue weighted by molar-refractivity contribution is -0.121. The van der Waals surface area contributed by atoms with Gasteiger partial charge in [0.25, 0.3) is 0 Å². The summed E-state index contributed by atoms with van der Waals surface area (Å²) in [5.74, 6) is -0.0578. The van der Waals surface area contributed by atoms with Crippen molar-refractivity contribution in [1.82, 2.24) is 0 Å². The van der Waals surface area contributed by atoms with Crippen LogP contribution in [-0.2, 0) is 4.79 Å². The van der Waals surface area contributed by atoms with Crippen molar-refractivity contribution < 1.29 is 4.79 Å². The Bertz CT molecular complexity index is 419. The molecule has 0 aromatic heterocycles. The zero-order valence-corrected chi connectivity index (χ0v) is 11.1. The van der Waals surface area contributed by atoms with Crippen LogP contribution in [0.5, 0.6) is 0 Å². The molecule has 0 unspecified atom stereocenters. The summed E-state index contributed by atoms with van der Waals surface area (Å²) in [5.41, 5.74) is 7.36. The molecule has 1 amide bonds. The minimum atomic E-state index is -0.666. The van der Waals surface area contributed by atoms with E-state index in [1.54, 1.807) is 0 Å². The molecule has 1 aliphatic carbocycles. The van der Waals surface area contributed by atoms with Crippen LogP contribution in [0.4, 0.5) is 11.4 Å². The van der Waals surface area contributed by atoms with E-state index in [0.717, 1.165) is 37.1 Å². The molecule has 1 fully saturated rings. The second kappa shape index (κ2) is 4.98. The number of amides is 1. The molecule has 1 aromatic carbocycles. The van der Waals surface area contributed by atoms with Gasteiger partial charge in [0.15, 0.2) is 0 Å². The highest BCUT2D eigenvalue weighted by Gasteiger charge is 2.36. The van der Waals surface area contributed by atoms with Crippen LogP contribution in [0.15, 0.2) is 24.3 Å². The van der Waals surface area contributed by atoms with Gasteiger partial charge in [-0.1, -0.05) is 12.8 Å². The van der Waals surface area contributed by atoms with E-state index in [0.29, 0.717) is 0 Å². The highest BCUT2D eigenvalue weighted by atomic mass is 16.2. The van der Waals surface area contributed by atoms with Crippen molar-refractivity contribution in [3.63, 3.8) is 0 Å². The molecule has 98 valence electrons. The first-order valence-corrected chi connectivity index (χ1v) is 6.39.